The number of carboxylic acid groups (broad SMARTS) is 1. The van der Waals surface area contributed by atoms with Crippen LogP contribution in [-0.4, -0.2) is 11.1 Å². The van der Waals surface area contributed by atoms with Crippen LogP contribution in [0.2, 0.25) is 5.02 Å². The number of halogens is 1. The Bertz CT molecular complexity index is 774. The molecule has 0 aliphatic heterocycles. The number of benzene rings is 2. The molecule has 0 amide bonds. The third kappa shape index (κ3) is 1.98. The summed E-state index contributed by atoms with van der Waals surface area (Å²) < 4.78 is 5.68. The molecule has 0 atom stereocenters. The molecule has 2 aromatic carbocycles. The van der Waals surface area contributed by atoms with Crippen LogP contribution in [0.1, 0.15) is 10.4 Å². The maximum absolute atomic E-state index is 11.2. The van der Waals surface area contributed by atoms with Gasteiger partial charge in [0.1, 0.15) is 5.76 Å². The molecule has 0 saturated carbocycles. The zero-order chi connectivity index (χ0) is 13.4. The first kappa shape index (κ1) is 11.8. The van der Waals surface area contributed by atoms with E-state index in [2.05, 4.69) is 0 Å². The average Bonchev–Trinajstić information content (AvgIpc) is 2.84. The maximum Gasteiger partial charge on any atom is 0.336 e. The van der Waals surface area contributed by atoms with E-state index in [1.54, 1.807) is 36.4 Å². The number of carboxylic acids is 1. The van der Waals surface area contributed by atoms with Crippen molar-refractivity contribution in [3.05, 3.63) is 59.1 Å². The van der Waals surface area contributed by atoms with Gasteiger partial charge in [-0.25, -0.2) is 4.79 Å². The van der Waals surface area contributed by atoms with E-state index in [4.69, 9.17) is 16.0 Å². The van der Waals surface area contributed by atoms with Gasteiger partial charge in [0.05, 0.1) is 10.6 Å². The van der Waals surface area contributed by atoms with Gasteiger partial charge in [0, 0.05) is 10.9 Å². The first-order chi connectivity index (χ1) is 9.16. The number of fused-ring (bicyclic) bond motifs is 1. The molecular formula is C15H9ClO3. The van der Waals surface area contributed by atoms with Crippen LogP contribution in [-0.2, 0) is 0 Å². The van der Waals surface area contributed by atoms with Gasteiger partial charge in [-0.3, -0.25) is 0 Å². The highest BCUT2D eigenvalue weighted by atomic mass is 35.5. The molecule has 0 radical (unpaired) electrons. The molecular weight excluding hydrogens is 264 g/mol. The molecule has 19 heavy (non-hydrogen) atoms. The minimum Gasteiger partial charge on any atom is -0.478 e. The molecule has 3 aromatic rings. The number of hydrogen-bond acceptors (Lipinski definition) is 2. The molecule has 1 aromatic heterocycles. The van der Waals surface area contributed by atoms with Gasteiger partial charge in [-0.05, 0) is 18.2 Å². The molecule has 1 N–H and O–H groups in total. The Morgan fingerprint density at radius 2 is 1.89 bits per heavy atom. The Kier molecular flexibility index (Phi) is 2.76. The summed E-state index contributed by atoms with van der Waals surface area (Å²) in [5, 5.41) is 10.5. The number of rotatable bonds is 2. The Balaban J connectivity index is 2.25. The minimum absolute atomic E-state index is 0.206. The summed E-state index contributed by atoms with van der Waals surface area (Å²) >= 11 is 6.05. The third-order valence-electron chi connectivity index (χ3n) is 2.92. The second-order valence-electron chi connectivity index (χ2n) is 4.12. The van der Waals surface area contributed by atoms with Gasteiger partial charge in [-0.2, -0.15) is 0 Å². The highest BCUT2D eigenvalue weighted by Crippen LogP contribution is 2.33. The molecule has 0 saturated heterocycles. The molecule has 0 bridgehead atoms. The van der Waals surface area contributed by atoms with Crippen molar-refractivity contribution in [3.63, 3.8) is 0 Å². The molecule has 94 valence electrons. The van der Waals surface area contributed by atoms with Gasteiger partial charge in [0.2, 0.25) is 0 Å². The zero-order valence-corrected chi connectivity index (χ0v) is 10.5. The predicted octanol–water partition coefficient (Wildman–Crippen LogP) is 4.45. The normalized spacial score (nSPS) is 10.8. The lowest BCUT2D eigenvalue weighted by atomic mass is 10.1. The summed E-state index contributed by atoms with van der Waals surface area (Å²) in [6.45, 7) is 0. The lowest BCUT2D eigenvalue weighted by Crippen LogP contribution is -1.98. The van der Waals surface area contributed by atoms with Crippen LogP contribution >= 0.6 is 11.6 Å². The second kappa shape index (κ2) is 4.44. The van der Waals surface area contributed by atoms with Crippen molar-refractivity contribution >= 4 is 28.5 Å². The van der Waals surface area contributed by atoms with Crippen molar-refractivity contribution in [2.24, 2.45) is 0 Å². The summed E-state index contributed by atoms with van der Waals surface area (Å²) in [4.78, 5) is 11.2. The third-order valence-corrected chi connectivity index (χ3v) is 3.22. The summed E-state index contributed by atoms with van der Waals surface area (Å²) in [7, 11) is 0. The van der Waals surface area contributed by atoms with Gasteiger partial charge in [-0.1, -0.05) is 41.9 Å². The second-order valence-corrected chi connectivity index (χ2v) is 4.53. The summed E-state index contributed by atoms with van der Waals surface area (Å²) in [5.41, 5.74) is 1.32. The van der Waals surface area contributed by atoms with E-state index >= 15 is 0 Å². The number of furan rings is 1. The van der Waals surface area contributed by atoms with Crippen LogP contribution in [0.3, 0.4) is 0 Å². The van der Waals surface area contributed by atoms with Crippen molar-refractivity contribution in [2.75, 3.05) is 0 Å². The quantitative estimate of drug-likeness (QED) is 0.750. The summed E-state index contributed by atoms with van der Waals surface area (Å²) in [6, 6.07) is 14.0. The van der Waals surface area contributed by atoms with E-state index in [1.807, 2.05) is 12.1 Å². The SMILES string of the molecule is O=C(O)c1ccccc1-c1cc2cccc(Cl)c2o1. The van der Waals surface area contributed by atoms with Crippen LogP contribution in [0.5, 0.6) is 0 Å². The molecule has 0 aliphatic rings. The van der Waals surface area contributed by atoms with E-state index in [0.29, 0.717) is 21.9 Å². The smallest absolute Gasteiger partial charge is 0.336 e. The van der Waals surface area contributed by atoms with Gasteiger partial charge >= 0.3 is 5.97 Å². The summed E-state index contributed by atoms with van der Waals surface area (Å²) in [5.74, 6) is -0.483. The fraction of sp³-hybridized carbons (Fsp3) is 0. The molecule has 4 heteroatoms. The Morgan fingerprint density at radius 1 is 1.11 bits per heavy atom. The number of aromatic carboxylic acids is 1. The van der Waals surface area contributed by atoms with Crippen molar-refractivity contribution in [3.8, 4) is 11.3 Å². The number of carbonyl (C=O) groups is 1. The number of para-hydroxylation sites is 1. The first-order valence-electron chi connectivity index (χ1n) is 5.67. The summed E-state index contributed by atoms with van der Waals surface area (Å²) in [6.07, 6.45) is 0. The molecule has 0 unspecified atom stereocenters. The predicted molar refractivity (Wildman–Crippen MR) is 73.6 cm³/mol. The van der Waals surface area contributed by atoms with Gasteiger partial charge < -0.3 is 9.52 Å². The Morgan fingerprint density at radius 3 is 2.63 bits per heavy atom. The number of hydrogen-bond donors (Lipinski definition) is 1. The standard InChI is InChI=1S/C15H9ClO3/c16-12-7-3-4-9-8-13(19-14(9)12)10-5-1-2-6-11(10)15(17)18/h1-8H,(H,17,18). The lowest BCUT2D eigenvalue weighted by Gasteiger charge is -2.01. The molecule has 1 heterocycles. The van der Waals surface area contributed by atoms with Crippen molar-refractivity contribution in [1.29, 1.82) is 0 Å². The van der Waals surface area contributed by atoms with Crippen molar-refractivity contribution in [2.45, 2.75) is 0 Å². The zero-order valence-electron chi connectivity index (χ0n) is 9.76. The van der Waals surface area contributed by atoms with Gasteiger partial charge in [0.25, 0.3) is 0 Å². The van der Waals surface area contributed by atoms with Crippen LogP contribution in [0.25, 0.3) is 22.3 Å². The Hall–Kier alpha value is -2.26. The van der Waals surface area contributed by atoms with Crippen LogP contribution in [0.4, 0.5) is 0 Å². The van der Waals surface area contributed by atoms with E-state index < -0.39 is 5.97 Å². The van der Waals surface area contributed by atoms with Gasteiger partial charge in [0.15, 0.2) is 5.58 Å². The lowest BCUT2D eigenvalue weighted by molar-refractivity contribution is 0.0697. The first-order valence-corrected chi connectivity index (χ1v) is 6.05. The van der Waals surface area contributed by atoms with E-state index in [9.17, 15) is 9.90 Å². The molecule has 0 spiro atoms. The largest absolute Gasteiger partial charge is 0.478 e. The van der Waals surface area contributed by atoms with E-state index in [0.717, 1.165) is 5.39 Å². The van der Waals surface area contributed by atoms with Crippen molar-refractivity contribution in [1.82, 2.24) is 0 Å². The highest BCUT2D eigenvalue weighted by molar-refractivity contribution is 6.34. The monoisotopic (exact) mass is 272 g/mol. The molecule has 0 aliphatic carbocycles. The van der Waals surface area contributed by atoms with E-state index in [1.165, 1.54) is 0 Å². The highest BCUT2D eigenvalue weighted by Gasteiger charge is 2.15. The van der Waals surface area contributed by atoms with Crippen LogP contribution < -0.4 is 0 Å². The molecule has 3 rings (SSSR count). The van der Waals surface area contributed by atoms with Crippen LogP contribution in [0.15, 0.2) is 52.9 Å². The van der Waals surface area contributed by atoms with E-state index in [-0.39, 0.29) is 5.56 Å². The molecule has 0 fully saturated rings. The minimum atomic E-state index is -0.984. The fourth-order valence-electron chi connectivity index (χ4n) is 2.04. The van der Waals surface area contributed by atoms with Crippen LogP contribution in [0, 0.1) is 0 Å². The van der Waals surface area contributed by atoms with Gasteiger partial charge in [-0.15, -0.1) is 0 Å². The maximum atomic E-state index is 11.2. The topological polar surface area (TPSA) is 50.4 Å². The molecule has 3 nitrogen and oxygen atoms in total. The van der Waals surface area contributed by atoms with Crippen molar-refractivity contribution < 1.29 is 14.3 Å². The average molecular weight is 273 g/mol. The fourth-order valence-corrected chi connectivity index (χ4v) is 2.27. The Labute approximate surface area is 114 Å².